The fraction of sp³-hybridized carbons (Fsp3) is 0.458. The van der Waals surface area contributed by atoms with Crippen LogP contribution in [-0.4, -0.2) is 39.9 Å². The summed E-state index contributed by atoms with van der Waals surface area (Å²) in [5.74, 6) is 1.83. The molecule has 1 aliphatic heterocycles. The lowest BCUT2D eigenvalue weighted by atomic mass is 9.66. The number of aromatic nitrogens is 3. The van der Waals surface area contributed by atoms with Gasteiger partial charge in [-0.1, -0.05) is 19.4 Å². The van der Waals surface area contributed by atoms with Gasteiger partial charge in [0.15, 0.2) is 21.6 Å². The van der Waals surface area contributed by atoms with E-state index in [0.717, 1.165) is 12.2 Å². The van der Waals surface area contributed by atoms with Crippen molar-refractivity contribution in [3.05, 3.63) is 57.3 Å². The van der Waals surface area contributed by atoms with Crippen LogP contribution in [0.5, 0.6) is 11.6 Å². The van der Waals surface area contributed by atoms with E-state index in [1.165, 1.54) is 7.11 Å². The number of nitrogen functional groups attached to an aromatic ring is 1. The minimum Gasteiger partial charge on any atom is -0.497 e. The maximum absolute atomic E-state index is 12.8. The maximum atomic E-state index is 12.8. The Morgan fingerprint density at radius 3 is 2.71 bits per heavy atom. The third-order valence-corrected chi connectivity index (χ3v) is 7.90. The molecule has 4 atom stereocenters. The highest BCUT2D eigenvalue weighted by molar-refractivity contribution is 9.10. The predicted molar refractivity (Wildman–Crippen MR) is 131 cm³/mol. The smallest absolute Gasteiger partial charge is 0.214 e. The van der Waals surface area contributed by atoms with Gasteiger partial charge in [-0.2, -0.15) is 0 Å². The summed E-state index contributed by atoms with van der Waals surface area (Å²) in [6, 6.07) is 1.71. The van der Waals surface area contributed by atoms with Crippen molar-refractivity contribution >= 4 is 33.3 Å². The molecular formula is C24H26BrClN4O4. The summed E-state index contributed by atoms with van der Waals surface area (Å²) in [4.78, 5) is 13.6. The Kier molecular flexibility index (Phi) is 5.77. The molecule has 0 fully saturated rings. The van der Waals surface area contributed by atoms with Crippen LogP contribution >= 0.6 is 27.5 Å². The van der Waals surface area contributed by atoms with E-state index in [0.29, 0.717) is 57.5 Å². The molecule has 10 heteroatoms. The highest BCUT2D eigenvalue weighted by atomic mass is 79.9. The van der Waals surface area contributed by atoms with Gasteiger partial charge in [-0.05, 0) is 40.9 Å². The van der Waals surface area contributed by atoms with Gasteiger partial charge >= 0.3 is 0 Å². The van der Waals surface area contributed by atoms with Gasteiger partial charge in [0.1, 0.15) is 17.4 Å². The lowest BCUT2D eigenvalue weighted by Gasteiger charge is -2.44. The zero-order chi connectivity index (χ0) is 24.3. The lowest BCUT2D eigenvalue weighted by molar-refractivity contribution is -0.117. The van der Waals surface area contributed by atoms with Crippen LogP contribution < -0.4 is 15.2 Å². The zero-order valence-electron chi connectivity index (χ0n) is 19.1. The van der Waals surface area contributed by atoms with E-state index in [1.54, 1.807) is 13.2 Å². The van der Waals surface area contributed by atoms with Crippen LogP contribution in [0.4, 0.5) is 5.82 Å². The molecule has 0 bridgehead atoms. The Hall–Kier alpha value is -2.36. The molecule has 0 amide bonds. The molecule has 34 heavy (non-hydrogen) atoms. The van der Waals surface area contributed by atoms with E-state index in [-0.39, 0.29) is 17.7 Å². The average Bonchev–Trinajstić information content (AvgIpc) is 3.24. The number of ether oxygens (including phenoxy) is 3. The number of hydrogen-bond acceptors (Lipinski definition) is 8. The van der Waals surface area contributed by atoms with E-state index in [9.17, 15) is 5.11 Å². The highest BCUT2D eigenvalue weighted by Gasteiger charge is 2.73. The van der Waals surface area contributed by atoms with Crippen LogP contribution in [-0.2, 0) is 16.2 Å². The Morgan fingerprint density at radius 2 is 2.09 bits per heavy atom. The number of nitrogens with zero attached hydrogens (tertiary/aromatic N) is 3. The van der Waals surface area contributed by atoms with Crippen LogP contribution in [0.15, 0.2) is 34.7 Å². The lowest BCUT2D eigenvalue weighted by Crippen LogP contribution is -2.57. The van der Waals surface area contributed by atoms with Gasteiger partial charge in [0.25, 0.3) is 0 Å². The summed E-state index contributed by atoms with van der Waals surface area (Å²) in [5, 5.41) is 12.8. The molecule has 0 aromatic carbocycles. The first-order chi connectivity index (χ1) is 16.3. The van der Waals surface area contributed by atoms with Gasteiger partial charge < -0.3 is 25.1 Å². The number of alkyl halides is 1. The average molecular weight is 550 g/mol. The monoisotopic (exact) mass is 548 g/mol. The van der Waals surface area contributed by atoms with Gasteiger partial charge in [0.05, 0.1) is 25.8 Å². The fourth-order valence-electron chi connectivity index (χ4n) is 5.79. The number of aliphatic hydroxyl groups is 1. The first kappa shape index (κ1) is 23.4. The van der Waals surface area contributed by atoms with Crippen LogP contribution in [0.1, 0.15) is 54.7 Å². The van der Waals surface area contributed by atoms with Crippen LogP contribution in [0.25, 0.3) is 0 Å². The summed E-state index contributed by atoms with van der Waals surface area (Å²) < 4.78 is 18.1. The van der Waals surface area contributed by atoms with Crippen molar-refractivity contribution in [3.63, 3.8) is 0 Å². The number of anilines is 1. The Labute approximate surface area is 211 Å². The maximum Gasteiger partial charge on any atom is 0.214 e. The van der Waals surface area contributed by atoms with Crippen LogP contribution in [0, 0.1) is 5.92 Å². The molecule has 8 nitrogen and oxygen atoms in total. The molecule has 5 rings (SSSR count). The van der Waals surface area contributed by atoms with Crippen molar-refractivity contribution in [1.82, 2.24) is 15.0 Å². The number of methoxy groups -OCH3 is 2. The number of halogens is 2. The molecule has 3 heterocycles. The predicted octanol–water partition coefficient (Wildman–Crippen LogP) is 4.33. The third kappa shape index (κ3) is 2.96. The zero-order valence-corrected chi connectivity index (χ0v) is 21.5. The summed E-state index contributed by atoms with van der Waals surface area (Å²) in [6.07, 6.45) is 8.11. The second-order valence-electron chi connectivity index (χ2n) is 8.71. The van der Waals surface area contributed by atoms with Gasteiger partial charge in [-0.25, -0.2) is 15.0 Å². The molecule has 0 spiro atoms. The van der Waals surface area contributed by atoms with Crippen molar-refractivity contribution in [2.75, 3.05) is 20.0 Å². The van der Waals surface area contributed by atoms with E-state index in [4.69, 9.17) is 36.5 Å². The van der Waals surface area contributed by atoms with E-state index >= 15 is 0 Å². The quantitative estimate of drug-likeness (QED) is 0.404. The second kappa shape index (κ2) is 8.39. The number of nitrogens with two attached hydrogens (primary N) is 1. The van der Waals surface area contributed by atoms with Crippen molar-refractivity contribution in [1.29, 1.82) is 0 Å². The third-order valence-electron chi connectivity index (χ3n) is 7.12. The summed E-state index contributed by atoms with van der Waals surface area (Å²) in [6.45, 7) is 2.09. The van der Waals surface area contributed by atoms with Crippen LogP contribution in [0.3, 0.4) is 0 Å². The molecule has 0 radical (unpaired) electrons. The Morgan fingerprint density at radius 1 is 1.29 bits per heavy atom. The summed E-state index contributed by atoms with van der Waals surface area (Å²) >= 11 is 9.64. The fourth-order valence-corrected chi connectivity index (χ4v) is 6.38. The summed E-state index contributed by atoms with van der Waals surface area (Å²) in [5.41, 5.74) is 5.40. The topological polar surface area (TPSA) is 113 Å². The molecule has 2 aromatic heterocycles. The largest absolute Gasteiger partial charge is 0.497 e. The molecule has 2 aliphatic carbocycles. The minimum atomic E-state index is -1.64. The molecule has 1 unspecified atom stereocenters. The Balaban J connectivity index is 1.84. The van der Waals surface area contributed by atoms with Crippen molar-refractivity contribution in [3.8, 4) is 11.6 Å². The first-order valence-electron chi connectivity index (χ1n) is 11.2. The number of pyridine rings is 1. The molecular weight excluding hydrogens is 524 g/mol. The molecule has 180 valence electrons. The Bertz CT molecular complexity index is 1220. The van der Waals surface area contributed by atoms with Crippen LogP contribution in [0.2, 0.25) is 0 Å². The van der Waals surface area contributed by atoms with Crippen molar-refractivity contribution in [2.24, 2.45) is 5.92 Å². The number of allylic oxidation sites excluding steroid dienone is 2. The highest BCUT2D eigenvalue weighted by Crippen LogP contribution is 2.68. The number of hydrogen-bond donors (Lipinski definition) is 2. The van der Waals surface area contributed by atoms with Crippen molar-refractivity contribution in [2.45, 2.75) is 49.2 Å². The molecule has 0 saturated carbocycles. The SMILES string of the molecule is CCC[C@@H]1c2c(N)nc(CCl)nc2[C@@]2(O)c3cc(OC)nc(Br)c3O[C@@]12C1C=CC(OC)=CC1. The first-order valence-corrected chi connectivity index (χ1v) is 12.5. The molecule has 3 aliphatic rings. The minimum absolute atomic E-state index is 0.0688. The van der Waals surface area contributed by atoms with Gasteiger partial charge in [-0.3, -0.25) is 0 Å². The molecule has 3 N–H and O–H groups in total. The molecule has 2 aromatic rings. The van der Waals surface area contributed by atoms with Gasteiger partial charge in [0.2, 0.25) is 5.88 Å². The van der Waals surface area contributed by atoms with E-state index in [2.05, 4.69) is 32.8 Å². The number of rotatable bonds is 6. The standard InChI is InChI=1S/C24H26BrClN4O4/c1-4-5-14-18-20(28-16(11-26)29-22(18)27)23(31)15-10-17(33-3)30-21(25)19(15)34-24(14,23)12-6-8-13(32-2)9-7-12/h6,8-10,12,14,31H,4-5,7,11H2,1-3H3,(H2,27,28,29)/t12?,14-,23+,24+/m1/s1. The van der Waals surface area contributed by atoms with E-state index < -0.39 is 11.2 Å². The van der Waals surface area contributed by atoms with Crippen molar-refractivity contribution < 1.29 is 19.3 Å². The van der Waals surface area contributed by atoms with Gasteiger partial charge in [-0.15, -0.1) is 11.6 Å². The number of fused-ring (bicyclic) bond motifs is 5. The van der Waals surface area contributed by atoms with Gasteiger partial charge in [0, 0.05) is 29.0 Å². The summed E-state index contributed by atoms with van der Waals surface area (Å²) in [7, 11) is 3.17. The molecule has 0 saturated heterocycles. The van der Waals surface area contributed by atoms with E-state index in [1.807, 2.05) is 18.2 Å². The normalized spacial score (nSPS) is 28.6. The second-order valence-corrected chi connectivity index (χ2v) is 9.73.